The fourth-order valence-electron chi connectivity index (χ4n) is 3.41. The highest BCUT2D eigenvalue weighted by molar-refractivity contribution is 6.06. The van der Waals surface area contributed by atoms with Crippen molar-refractivity contribution in [1.82, 2.24) is 0 Å². The molecule has 2 N–H and O–H groups in total. The third-order valence-corrected chi connectivity index (χ3v) is 4.46. The van der Waals surface area contributed by atoms with Crippen molar-refractivity contribution in [2.45, 2.75) is 46.1 Å². The Hall–Kier alpha value is -3.22. The third-order valence-electron chi connectivity index (χ3n) is 4.46. The molecule has 2 unspecified atom stereocenters. The first-order chi connectivity index (χ1) is 13.4. The molecule has 7 heteroatoms. The van der Waals surface area contributed by atoms with E-state index >= 15 is 0 Å². The normalized spacial score (nSPS) is 19.8. The Morgan fingerprint density at radius 2 is 1.72 bits per heavy atom. The van der Waals surface area contributed by atoms with Gasteiger partial charge in [0.05, 0.1) is 5.57 Å². The highest BCUT2D eigenvalue weighted by Crippen LogP contribution is 2.40. The molecule has 1 aromatic rings. The summed E-state index contributed by atoms with van der Waals surface area (Å²) in [6.07, 6.45) is 2.76. The molecule has 0 radical (unpaired) electrons. The topological polar surface area (TPSA) is 113 Å². The number of hydrogen-bond acceptors (Lipinski definition) is 5. The Morgan fingerprint density at radius 3 is 2.28 bits per heavy atom. The predicted molar refractivity (Wildman–Crippen MR) is 109 cm³/mol. The SMILES string of the molecule is CC1=NC(C)=C(C(=O)O)C(c2ccccc2C=CC(=O)OC(C)(C)C)C1C(=O)O. The van der Waals surface area contributed by atoms with Crippen molar-refractivity contribution in [2.24, 2.45) is 10.9 Å². The molecule has 0 saturated heterocycles. The minimum Gasteiger partial charge on any atom is -0.481 e. The van der Waals surface area contributed by atoms with Gasteiger partial charge < -0.3 is 14.9 Å². The molecule has 2 atom stereocenters. The number of nitrogens with zero attached hydrogens (tertiary/aromatic N) is 1. The van der Waals surface area contributed by atoms with Gasteiger partial charge >= 0.3 is 17.9 Å². The monoisotopic (exact) mass is 399 g/mol. The van der Waals surface area contributed by atoms with Gasteiger partial charge in [-0.15, -0.1) is 0 Å². The highest BCUT2D eigenvalue weighted by Gasteiger charge is 2.41. The Kier molecular flexibility index (Phi) is 6.41. The van der Waals surface area contributed by atoms with E-state index < -0.39 is 35.3 Å². The maximum absolute atomic E-state index is 12.0. The van der Waals surface area contributed by atoms with Crippen LogP contribution in [0.15, 0.2) is 46.6 Å². The molecule has 1 heterocycles. The number of aliphatic carboxylic acids is 2. The molecular formula is C22H25NO6. The lowest BCUT2D eigenvalue weighted by atomic mass is 9.74. The van der Waals surface area contributed by atoms with E-state index in [1.807, 2.05) is 0 Å². The van der Waals surface area contributed by atoms with Crippen LogP contribution in [0.2, 0.25) is 0 Å². The molecule has 7 nitrogen and oxygen atoms in total. The number of carbonyl (C=O) groups excluding carboxylic acids is 1. The van der Waals surface area contributed by atoms with Crippen molar-refractivity contribution in [3.05, 3.63) is 52.7 Å². The van der Waals surface area contributed by atoms with E-state index in [-0.39, 0.29) is 11.3 Å². The summed E-state index contributed by atoms with van der Waals surface area (Å²) in [5, 5.41) is 19.5. The zero-order valence-corrected chi connectivity index (χ0v) is 17.1. The maximum Gasteiger partial charge on any atom is 0.334 e. The second-order valence-corrected chi connectivity index (χ2v) is 7.85. The summed E-state index contributed by atoms with van der Waals surface area (Å²) < 4.78 is 5.26. The number of esters is 1. The number of rotatable bonds is 5. The molecule has 0 aliphatic carbocycles. The number of carboxylic acid groups (broad SMARTS) is 2. The summed E-state index contributed by atoms with van der Waals surface area (Å²) in [4.78, 5) is 40.1. The van der Waals surface area contributed by atoms with Crippen LogP contribution in [0.4, 0.5) is 0 Å². The lowest BCUT2D eigenvalue weighted by Gasteiger charge is -2.30. The van der Waals surface area contributed by atoms with Crippen LogP contribution >= 0.6 is 0 Å². The molecule has 0 aromatic heterocycles. The quantitative estimate of drug-likeness (QED) is 0.577. The Balaban J connectivity index is 2.57. The molecule has 2 rings (SSSR count). The van der Waals surface area contributed by atoms with Crippen molar-refractivity contribution < 1.29 is 29.3 Å². The average molecular weight is 399 g/mol. The number of benzene rings is 1. The zero-order valence-electron chi connectivity index (χ0n) is 17.1. The molecule has 0 spiro atoms. The number of allylic oxidation sites excluding steroid dienone is 1. The fourth-order valence-corrected chi connectivity index (χ4v) is 3.41. The first-order valence-corrected chi connectivity index (χ1v) is 9.14. The van der Waals surface area contributed by atoms with Gasteiger partial charge in [0.2, 0.25) is 0 Å². The van der Waals surface area contributed by atoms with Crippen LogP contribution in [0, 0.1) is 5.92 Å². The van der Waals surface area contributed by atoms with Crippen molar-refractivity contribution in [3.63, 3.8) is 0 Å². The zero-order chi connectivity index (χ0) is 21.9. The molecule has 0 fully saturated rings. The summed E-state index contributed by atoms with van der Waals surface area (Å²) in [7, 11) is 0. The first kappa shape index (κ1) is 22.1. The van der Waals surface area contributed by atoms with E-state index in [9.17, 15) is 24.6 Å². The van der Waals surface area contributed by atoms with Gasteiger partial charge in [-0.3, -0.25) is 9.79 Å². The number of carboxylic acids is 2. The maximum atomic E-state index is 12.0. The van der Waals surface area contributed by atoms with E-state index in [0.717, 1.165) is 0 Å². The number of aliphatic imine (C=N–C) groups is 1. The standard InChI is InChI=1S/C22H25NO6/c1-12-17(20(25)26)19(18(21(27)28)13(2)23-12)15-9-7-6-8-14(15)10-11-16(24)29-22(3,4)5/h6-11,17,19H,1-5H3,(H,25,26)(H,27,28). The summed E-state index contributed by atoms with van der Waals surface area (Å²) in [6.45, 7) is 8.38. The van der Waals surface area contributed by atoms with Gasteiger partial charge in [-0.25, -0.2) is 9.59 Å². The van der Waals surface area contributed by atoms with Gasteiger partial charge in [-0.2, -0.15) is 0 Å². The largest absolute Gasteiger partial charge is 0.481 e. The lowest BCUT2D eigenvalue weighted by molar-refractivity contribution is -0.148. The van der Waals surface area contributed by atoms with E-state index in [1.165, 1.54) is 12.2 Å². The second kappa shape index (κ2) is 8.43. The van der Waals surface area contributed by atoms with Crippen molar-refractivity contribution >= 4 is 29.7 Å². The highest BCUT2D eigenvalue weighted by atomic mass is 16.6. The first-order valence-electron chi connectivity index (χ1n) is 9.14. The number of hydrogen-bond donors (Lipinski definition) is 2. The molecule has 154 valence electrons. The summed E-state index contributed by atoms with van der Waals surface area (Å²) in [5.41, 5.74) is 0.907. The van der Waals surface area contributed by atoms with Crippen molar-refractivity contribution in [1.29, 1.82) is 0 Å². The van der Waals surface area contributed by atoms with Gasteiger partial charge in [-0.1, -0.05) is 24.3 Å². The minimum absolute atomic E-state index is 0.0684. The average Bonchev–Trinajstić information content (AvgIpc) is 2.57. The van der Waals surface area contributed by atoms with E-state index in [1.54, 1.807) is 58.9 Å². The van der Waals surface area contributed by atoms with E-state index in [2.05, 4.69) is 4.99 Å². The van der Waals surface area contributed by atoms with Crippen LogP contribution in [0.1, 0.15) is 51.7 Å². The molecule has 1 aliphatic heterocycles. The van der Waals surface area contributed by atoms with Crippen molar-refractivity contribution in [3.8, 4) is 0 Å². The summed E-state index contributed by atoms with van der Waals surface area (Å²) >= 11 is 0. The third kappa shape index (κ3) is 5.19. The van der Waals surface area contributed by atoms with E-state index in [0.29, 0.717) is 16.8 Å². The minimum atomic E-state index is -1.22. The summed E-state index contributed by atoms with van der Waals surface area (Å²) in [5.74, 6) is -4.99. The van der Waals surface area contributed by atoms with E-state index in [4.69, 9.17) is 4.74 Å². The molecule has 0 bridgehead atoms. The van der Waals surface area contributed by atoms with Crippen LogP contribution < -0.4 is 0 Å². The van der Waals surface area contributed by atoms with Crippen LogP contribution in [0.25, 0.3) is 6.08 Å². The summed E-state index contributed by atoms with van der Waals surface area (Å²) in [6, 6.07) is 6.80. The van der Waals surface area contributed by atoms with Gasteiger partial charge in [-0.05, 0) is 51.8 Å². The van der Waals surface area contributed by atoms with Gasteiger partial charge in [0.15, 0.2) is 0 Å². The lowest BCUT2D eigenvalue weighted by Crippen LogP contribution is -2.35. The van der Waals surface area contributed by atoms with Crippen LogP contribution in [0.3, 0.4) is 0 Å². The molecule has 0 amide bonds. The van der Waals surface area contributed by atoms with Crippen LogP contribution in [-0.2, 0) is 19.1 Å². The predicted octanol–water partition coefficient (Wildman–Crippen LogP) is 3.66. The molecule has 1 aliphatic rings. The smallest absolute Gasteiger partial charge is 0.334 e. The Bertz CT molecular complexity index is 933. The molecule has 1 aromatic carbocycles. The van der Waals surface area contributed by atoms with Crippen molar-refractivity contribution in [2.75, 3.05) is 0 Å². The van der Waals surface area contributed by atoms with Gasteiger partial charge in [0.25, 0.3) is 0 Å². The van der Waals surface area contributed by atoms with Gasteiger partial charge in [0.1, 0.15) is 11.5 Å². The van der Waals surface area contributed by atoms with Gasteiger partial charge in [0, 0.05) is 23.4 Å². The fraction of sp³-hybridized carbons (Fsp3) is 0.364. The number of ether oxygens (including phenoxy) is 1. The van der Waals surface area contributed by atoms with Crippen LogP contribution in [-0.4, -0.2) is 39.4 Å². The molecule has 0 saturated carbocycles. The second-order valence-electron chi connectivity index (χ2n) is 7.85. The number of carbonyl (C=O) groups is 3. The molecule has 29 heavy (non-hydrogen) atoms. The Labute approximate surface area is 169 Å². The molecular weight excluding hydrogens is 374 g/mol. The van der Waals surface area contributed by atoms with Crippen LogP contribution in [0.5, 0.6) is 0 Å². The Morgan fingerprint density at radius 1 is 1.10 bits per heavy atom.